The molecule has 6 heteroatoms. The van der Waals surface area contributed by atoms with E-state index in [9.17, 15) is 18.0 Å². The number of carbonyl (C=O) groups is 1. The summed E-state index contributed by atoms with van der Waals surface area (Å²) in [7, 11) is 0. The second-order valence-electron chi connectivity index (χ2n) is 6.21. The van der Waals surface area contributed by atoms with E-state index in [1.54, 1.807) is 11.0 Å². The maximum atomic E-state index is 12.7. The van der Waals surface area contributed by atoms with Crippen LogP contribution in [-0.2, 0) is 17.5 Å². The van der Waals surface area contributed by atoms with Crippen LogP contribution in [0.25, 0.3) is 0 Å². The molecule has 124 valence electrons. The Kier molecular flexibility index (Phi) is 4.19. The van der Waals surface area contributed by atoms with Crippen molar-refractivity contribution in [1.82, 2.24) is 10.2 Å². The van der Waals surface area contributed by atoms with Crippen molar-refractivity contribution < 1.29 is 18.0 Å². The van der Waals surface area contributed by atoms with Gasteiger partial charge in [0.2, 0.25) is 5.91 Å². The lowest BCUT2D eigenvalue weighted by Crippen LogP contribution is -2.35. The first-order valence-electron chi connectivity index (χ1n) is 7.71. The molecule has 0 spiro atoms. The summed E-state index contributed by atoms with van der Waals surface area (Å²) in [5.74, 6) is 0.875. The van der Waals surface area contributed by atoms with E-state index in [1.807, 2.05) is 0 Å². The highest BCUT2D eigenvalue weighted by atomic mass is 19.4. The summed E-state index contributed by atoms with van der Waals surface area (Å²) < 4.78 is 38.1. The van der Waals surface area contributed by atoms with Crippen molar-refractivity contribution in [3.8, 4) is 0 Å². The first-order chi connectivity index (χ1) is 10.9. The molecule has 1 saturated heterocycles. The number of halogens is 3. The first-order valence-corrected chi connectivity index (χ1v) is 7.71. The van der Waals surface area contributed by atoms with Gasteiger partial charge in [0, 0.05) is 25.7 Å². The number of piperidine rings is 1. The zero-order valence-electron chi connectivity index (χ0n) is 12.6. The predicted octanol–water partition coefficient (Wildman–Crippen LogP) is 2.83. The van der Waals surface area contributed by atoms with E-state index in [4.69, 9.17) is 0 Å². The van der Waals surface area contributed by atoms with Crippen molar-refractivity contribution in [3.05, 3.63) is 48.0 Å². The molecule has 23 heavy (non-hydrogen) atoms. The van der Waals surface area contributed by atoms with Crippen molar-refractivity contribution in [3.63, 3.8) is 0 Å². The van der Waals surface area contributed by atoms with Crippen molar-refractivity contribution in [2.75, 3.05) is 13.1 Å². The Morgan fingerprint density at radius 2 is 2.17 bits per heavy atom. The van der Waals surface area contributed by atoms with Crippen LogP contribution < -0.4 is 5.32 Å². The Balaban J connectivity index is 1.55. The van der Waals surface area contributed by atoms with Crippen LogP contribution >= 0.6 is 0 Å². The van der Waals surface area contributed by atoms with Gasteiger partial charge < -0.3 is 10.2 Å². The van der Waals surface area contributed by atoms with Crippen molar-refractivity contribution in [2.24, 2.45) is 11.8 Å². The summed E-state index contributed by atoms with van der Waals surface area (Å²) in [5, 5.41) is 3.34. The average Bonchev–Trinajstić information content (AvgIpc) is 3.24. The molecule has 2 aliphatic rings. The van der Waals surface area contributed by atoms with Gasteiger partial charge in [-0.3, -0.25) is 4.79 Å². The largest absolute Gasteiger partial charge is 0.416 e. The summed E-state index contributed by atoms with van der Waals surface area (Å²) in [6.07, 6.45) is -2.05. The highest BCUT2D eigenvalue weighted by Gasteiger charge is 2.52. The molecule has 1 aromatic rings. The van der Waals surface area contributed by atoms with E-state index >= 15 is 0 Å². The molecule has 1 aliphatic heterocycles. The standard InChI is InChI=1S/C17H19F3N2O/c1-2-15(23)22-7-6-13-14(10-22)16(13)21-9-11-4-3-5-12(8-11)17(18,19)20/h2-5,8,13-14,16,21H,1,6-7,9-10H2/t13-,14+,16?/m1/s1. The summed E-state index contributed by atoms with van der Waals surface area (Å²) in [5.41, 5.74) is 0.00950. The molecule has 1 N–H and O–H groups in total. The Morgan fingerprint density at radius 1 is 1.39 bits per heavy atom. The summed E-state index contributed by atoms with van der Waals surface area (Å²) in [4.78, 5) is 13.4. The van der Waals surface area contributed by atoms with E-state index in [0.29, 0.717) is 30.5 Å². The van der Waals surface area contributed by atoms with Crippen LogP contribution in [0, 0.1) is 11.8 Å². The SMILES string of the molecule is C=CC(=O)N1CC[C@H]2C(NCc3cccc(C(F)(F)F)c3)[C@H]2C1. The molecular formula is C17H19F3N2O. The minimum atomic E-state index is -4.31. The number of carbonyl (C=O) groups excluding carboxylic acids is 1. The fraction of sp³-hybridized carbons (Fsp3) is 0.471. The Morgan fingerprint density at radius 3 is 2.87 bits per heavy atom. The minimum absolute atomic E-state index is 0.0491. The fourth-order valence-corrected chi connectivity index (χ4v) is 3.46. The van der Waals surface area contributed by atoms with Crippen LogP contribution in [0.2, 0.25) is 0 Å². The number of benzene rings is 1. The van der Waals surface area contributed by atoms with Gasteiger partial charge in [-0.1, -0.05) is 24.8 Å². The number of alkyl halides is 3. The second kappa shape index (κ2) is 6.00. The molecule has 1 unspecified atom stereocenters. The van der Waals surface area contributed by atoms with E-state index in [2.05, 4.69) is 11.9 Å². The molecule has 0 bridgehead atoms. The number of hydrogen-bond donors (Lipinski definition) is 1. The van der Waals surface area contributed by atoms with Gasteiger partial charge in [0.05, 0.1) is 5.56 Å². The van der Waals surface area contributed by atoms with Gasteiger partial charge in [-0.2, -0.15) is 13.2 Å². The van der Waals surface area contributed by atoms with Crippen LogP contribution in [0.3, 0.4) is 0 Å². The van der Waals surface area contributed by atoms with Gasteiger partial charge >= 0.3 is 6.18 Å². The molecule has 0 radical (unpaired) electrons. The maximum absolute atomic E-state index is 12.7. The fourth-order valence-electron chi connectivity index (χ4n) is 3.46. The second-order valence-corrected chi connectivity index (χ2v) is 6.21. The van der Waals surface area contributed by atoms with Crippen LogP contribution in [0.4, 0.5) is 13.2 Å². The molecule has 1 heterocycles. The lowest BCUT2D eigenvalue weighted by Gasteiger charge is -2.24. The molecule has 1 saturated carbocycles. The summed E-state index contributed by atoms with van der Waals surface area (Å²) >= 11 is 0. The number of amides is 1. The van der Waals surface area contributed by atoms with Crippen molar-refractivity contribution in [1.29, 1.82) is 0 Å². The minimum Gasteiger partial charge on any atom is -0.339 e. The monoisotopic (exact) mass is 324 g/mol. The molecule has 3 nitrogen and oxygen atoms in total. The number of nitrogens with zero attached hydrogens (tertiary/aromatic N) is 1. The maximum Gasteiger partial charge on any atom is 0.416 e. The molecule has 0 aromatic heterocycles. The van der Waals surface area contributed by atoms with Crippen LogP contribution in [0.15, 0.2) is 36.9 Å². The third kappa shape index (κ3) is 3.42. The highest BCUT2D eigenvalue weighted by Crippen LogP contribution is 2.45. The predicted molar refractivity (Wildman–Crippen MR) is 80.4 cm³/mol. The van der Waals surface area contributed by atoms with Gasteiger partial charge in [-0.05, 0) is 36.0 Å². The molecule has 3 rings (SSSR count). The van der Waals surface area contributed by atoms with E-state index in [-0.39, 0.29) is 11.9 Å². The smallest absolute Gasteiger partial charge is 0.339 e. The van der Waals surface area contributed by atoms with E-state index in [1.165, 1.54) is 18.2 Å². The Labute approximate surface area is 133 Å². The summed E-state index contributed by atoms with van der Waals surface area (Å²) in [6, 6.07) is 5.69. The quantitative estimate of drug-likeness (QED) is 0.864. The molecular weight excluding hydrogens is 305 g/mol. The number of fused-ring (bicyclic) bond motifs is 1. The highest BCUT2D eigenvalue weighted by molar-refractivity contribution is 5.87. The first kappa shape index (κ1) is 16.1. The van der Waals surface area contributed by atoms with Gasteiger partial charge in [0.25, 0.3) is 0 Å². The number of likely N-dealkylation sites (tertiary alicyclic amines) is 1. The Hall–Kier alpha value is -1.82. The normalized spacial score (nSPS) is 26.6. The number of nitrogens with one attached hydrogen (secondary N) is 1. The molecule has 3 atom stereocenters. The number of rotatable bonds is 4. The van der Waals surface area contributed by atoms with Gasteiger partial charge in [-0.25, -0.2) is 0 Å². The van der Waals surface area contributed by atoms with Crippen LogP contribution in [-0.4, -0.2) is 29.9 Å². The number of hydrogen-bond acceptors (Lipinski definition) is 2. The van der Waals surface area contributed by atoms with Crippen LogP contribution in [0.1, 0.15) is 17.5 Å². The summed E-state index contributed by atoms with van der Waals surface area (Å²) in [6.45, 7) is 5.35. The van der Waals surface area contributed by atoms with E-state index < -0.39 is 11.7 Å². The molecule has 1 amide bonds. The topological polar surface area (TPSA) is 32.3 Å². The zero-order valence-corrected chi connectivity index (χ0v) is 12.6. The molecule has 1 aromatic carbocycles. The third-order valence-electron chi connectivity index (χ3n) is 4.78. The van der Waals surface area contributed by atoms with Crippen molar-refractivity contribution in [2.45, 2.75) is 25.2 Å². The lowest BCUT2D eigenvalue weighted by atomic mass is 10.1. The van der Waals surface area contributed by atoms with Crippen LogP contribution in [0.5, 0.6) is 0 Å². The van der Waals surface area contributed by atoms with E-state index in [0.717, 1.165) is 19.0 Å². The van der Waals surface area contributed by atoms with Crippen molar-refractivity contribution >= 4 is 5.91 Å². The van der Waals surface area contributed by atoms with Gasteiger partial charge in [0.15, 0.2) is 0 Å². The average molecular weight is 324 g/mol. The Bertz CT molecular complexity index is 614. The van der Waals surface area contributed by atoms with Gasteiger partial charge in [-0.15, -0.1) is 0 Å². The molecule has 1 aliphatic carbocycles. The molecule has 2 fully saturated rings. The zero-order chi connectivity index (χ0) is 16.6. The van der Waals surface area contributed by atoms with Gasteiger partial charge in [0.1, 0.15) is 0 Å². The lowest BCUT2D eigenvalue weighted by molar-refractivity contribution is -0.137. The third-order valence-corrected chi connectivity index (χ3v) is 4.78.